The van der Waals surface area contributed by atoms with E-state index in [1.54, 1.807) is 0 Å². The van der Waals surface area contributed by atoms with Crippen molar-refractivity contribution < 1.29 is 9.90 Å². The zero-order valence-corrected chi connectivity index (χ0v) is 10.4. The van der Waals surface area contributed by atoms with Crippen molar-refractivity contribution in [3.05, 3.63) is 0 Å². The van der Waals surface area contributed by atoms with Crippen LogP contribution >= 0.6 is 0 Å². The van der Waals surface area contributed by atoms with Gasteiger partial charge in [-0.15, -0.1) is 0 Å². The third-order valence-electron chi connectivity index (χ3n) is 3.05. The number of aliphatic hydroxyl groups is 1. The summed E-state index contributed by atoms with van der Waals surface area (Å²) in [7, 11) is 0. The quantitative estimate of drug-likeness (QED) is 0.705. The molecule has 1 heterocycles. The molecule has 4 nitrogen and oxygen atoms in total. The van der Waals surface area contributed by atoms with Crippen molar-refractivity contribution in [3.8, 4) is 0 Å². The van der Waals surface area contributed by atoms with Crippen LogP contribution in [0.25, 0.3) is 0 Å². The zero-order chi connectivity index (χ0) is 12.0. The van der Waals surface area contributed by atoms with Gasteiger partial charge in [-0.05, 0) is 25.7 Å². The van der Waals surface area contributed by atoms with Gasteiger partial charge in [0.25, 0.3) is 0 Å². The molecule has 0 aliphatic carbocycles. The first-order valence-electron chi connectivity index (χ1n) is 6.29. The van der Waals surface area contributed by atoms with Gasteiger partial charge in [-0.25, -0.2) is 0 Å². The summed E-state index contributed by atoms with van der Waals surface area (Å²) in [5.41, 5.74) is 0. The minimum atomic E-state index is 0.203. The van der Waals surface area contributed by atoms with Crippen molar-refractivity contribution in [1.82, 2.24) is 10.2 Å². The highest BCUT2D eigenvalue weighted by Gasteiger charge is 2.27. The van der Waals surface area contributed by atoms with Gasteiger partial charge in [0, 0.05) is 25.2 Å². The molecule has 0 saturated carbocycles. The Morgan fingerprint density at radius 3 is 2.94 bits per heavy atom. The second kappa shape index (κ2) is 6.86. The highest BCUT2D eigenvalue weighted by atomic mass is 16.3. The molecule has 0 radical (unpaired) electrons. The predicted molar refractivity (Wildman–Crippen MR) is 64.2 cm³/mol. The molecule has 94 valence electrons. The Bertz CT molecular complexity index is 219. The van der Waals surface area contributed by atoms with E-state index < -0.39 is 0 Å². The molecular formula is C12H24N2O2. The van der Waals surface area contributed by atoms with Crippen molar-refractivity contribution in [2.24, 2.45) is 0 Å². The number of nitrogens with one attached hydrogen (secondary N) is 1. The number of carbonyl (C=O) groups excluding carboxylic acids is 1. The van der Waals surface area contributed by atoms with Crippen LogP contribution in [0.3, 0.4) is 0 Å². The van der Waals surface area contributed by atoms with Crippen LogP contribution in [0.2, 0.25) is 0 Å². The van der Waals surface area contributed by atoms with Gasteiger partial charge in [-0.3, -0.25) is 4.79 Å². The molecule has 1 rings (SSSR count). The fraction of sp³-hybridized carbons (Fsp3) is 0.917. The van der Waals surface area contributed by atoms with Gasteiger partial charge in [-0.2, -0.15) is 0 Å². The van der Waals surface area contributed by atoms with Crippen LogP contribution in [-0.2, 0) is 4.79 Å². The lowest BCUT2D eigenvalue weighted by Crippen LogP contribution is -2.42. The van der Waals surface area contributed by atoms with Gasteiger partial charge in [0.05, 0.1) is 6.54 Å². The molecule has 0 aromatic carbocycles. The van der Waals surface area contributed by atoms with E-state index in [9.17, 15) is 4.79 Å². The van der Waals surface area contributed by atoms with Crippen molar-refractivity contribution >= 4 is 5.91 Å². The largest absolute Gasteiger partial charge is 0.396 e. The average Bonchev–Trinajstić information content (AvgIpc) is 2.71. The molecule has 0 aromatic rings. The topological polar surface area (TPSA) is 52.6 Å². The third kappa shape index (κ3) is 4.10. The Morgan fingerprint density at radius 2 is 2.31 bits per heavy atom. The summed E-state index contributed by atoms with van der Waals surface area (Å²) in [6.07, 6.45) is 3.92. The molecule has 1 saturated heterocycles. The standard InChI is InChI=1S/C12H24N2O2/c1-10(2)13-9-12(16)14-7-3-5-11(14)6-4-8-15/h10-11,13,15H,3-9H2,1-2H3. The van der Waals surface area contributed by atoms with Crippen LogP contribution in [0.1, 0.15) is 39.5 Å². The summed E-state index contributed by atoms with van der Waals surface area (Å²) >= 11 is 0. The summed E-state index contributed by atoms with van der Waals surface area (Å²) in [6.45, 7) is 5.63. The number of amides is 1. The van der Waals surface area contributed by atoms with E-state index in [1.807, 2.05) is 18.7 Å². The van der Waals surface area contributed by atoms with Gasteiger partial charge >= 0.3 is 0 Å². The number of hydrogen-bond donors (Lipinski definition) is 2. The molecule has 0 spiro atoms. The first-order chi connectivity index (χ1) is 7.65. The molecule has 1 unspecified atom stereocenters. The molecule has 2 N–H and O–H groups in total. The Balaban J connectivity index is 2.35. The lowest BCUT2D eigenvalue weighted by atomic mass is 10.1. The molecular weight excluding hydrogens is 204 g/mol. The highest BCUT2D eigenvalue weighted by Crippen LogP contribution is 2.21. The molecule has 1 fully saturated rings. The average molecular weight is 228 g/mol. The van der Waals surface area contributed by atoms with Crippen molar-refractivity contribution in [1.29, 1.82) is 0 Å². The fourth-order valence-corrected chi connectivity index (χ4v) is 2.18. The van der Waals surface area contributed by atoms with Crippen molar-refractivity contribution in [3.63, 3.8) is 0 Å². The summed E-state index contributed by atoms with van der Waals surface area (Å²) in [6, 6.07) is 0.705. The molecule has 0 bridgehead atoms. The molecule has 0 aromatic heterocycles. The van der Waals surface area contributed by atoms with Crippen molar-refractivity contribution in [2.75, 3.05) is 19.7 Å². The molecule has 16 heavy (non-hydrogen) atoms. The normalized spacial score (nSPS) is 20.8. The predicted octanol–water partition coefficient (Wildman–Crippen LogP) is 0.748. The lowest BCUT2D eigenvalue weighted by Gasteiger charge is -2.25. The maximum atomic E-state index is 11.9. The van der Waals surface area contributed by atoms with E-state index in [-0.39, 0.29) is 12.5 Å². The van der Waals surface area contributed by atoms with E-state index in [4.69, 9.17) is 5.11 Å². The van der Waals surface area contributed by atoms with E-state index in [0.29, 0.717) is 18.6 Å². The number of nitrogens with zero attached hydrogens (tertiary/aromatic N) is 1. The molecule has 1 amide bonds. The van der Waals surface area contributed by atoms with Crippen molar-refractivity contribution in [2.45, 2.75) is 51.6 Å². The SMILES string of the molecule is CC(C)NCC(=O)N1CCCC1CCCO. The molecule has 1 aliphatic heterocycles. The van der Waals surface area contributed by atoms with Gasteiger partial charge in [0.1, 0.15) is 0 Å². The van der Waals surface area contributed by atoms with E-state index in [0.717, 1.165) is 32.2 Å². The zero-order valence-electron chi connectivity index (χ0n) is 10.4. The number of likely N-dealkylation sites (tertiary alicyclic amines) is 1. The number of hydrogen-bond acceptors (Lipinski definition) is 3. The summed E-state index contributed by atoms with van der Waals surface area (Å²) < 4.78 is 0. The lowest BCUT2D eigenvalue weighted by molar-refractivity contribution is -0.131. The van der Waals surface area contributed by atoms with Crippen LogP contribution in [0, 0.1) is 0 Å². The van der Waals surface area contributed by atoms with Gasteiger partial charge in [0.2, 0.25) is 5.91 Å². The van der Waals surface area contributed by atoms with E-state index in [2.05, 4.69) is 5.32 Å². The van der Waals surface area contributed by atoms with Crippen LogP contribution in [0.4, 0.5) is 0 Å². The second-order valence-corrected chi connectivity index (χ2v) is 4.78. The van der Waals surface area contributed by atoms with Crippen LogP contribution in [-0.4, -0.2) is 47.7 Å². The Hall–Kier alpha value is -0.610. The number of aliphatic hydroxyl groups excluding tert-OH is 1. The Kier molecular flexibility index (Phi) is 5.77. The Morgan fingerprint density at radius 1 is 1.56 bits per heavy atom. The maximum absolute atomic E-state index is 11.9. The summed E-state index contributed by atoms with van der Waals surface area (Å²) in [5.74, 6) is 0.203. The number of carbonyl (C=O) groups is 1. The molecule has 4 heteroatoms. The summed E-state index contributed by atoms with van der Waals surface area (Å²) in [4.78, 5) is 13.9. The number of rotatable bonds is 6. The van der Waals surface area contributed by atoms with Crippen LogP contribution in [0.5, 0.6) is 0 Å². The molecule has 1 atom stereocenters. The third-order valence-corrected chi connectivity index (χ3v) is 3.05. The Labute approximate surface area is 98.0 Å². The van der Waals surface area contributed by atoms with Gasteiger partial charge < -0.3 is 15.3 Å². The monoisotopic (exact) mass is 228 g/mol. The maximum Gasteiger partial charge on any atom is 0.236 e. The second-order valence-electron chi connectivity index (χ2n) is 4.78. The van der Waals surface area contributed by atoms with Crippen LogP contribution < -0.4 is 5.32 Å². The first-order valence-corrected chi connectivity index (χ1v) is 6.29. The van der Waals surface area contributed by atoms with E-state index in [1.165, 1.54) is 0 Å². The highest BCUT2D eigenvalue weighted by molar-refractivity contribution is 5.78. The minimum Gasteiger partial charge on any atom is -0.396 e. The summed E-state index contributed by atoms with van der Waals surface area (Å²) in [5, 5.41) is 12.0. The van der Waals surface area contributed by atoms with E-state index >= 15 is 0 Å². The fourth-order valence-electron chi connectivity index (χ4n) is 2.18. The minimum absolute atomic E-state index is 0.203. The molecule has 1 aliphatic rings. The van der Waals surface area contributed by atoms with Gasteiger partial charge in [0.15, 0.2) is 0 Å². The van der Waals surface area contributed by atoms with Crippen LogP contribution in [0.15, 0.2) is 0 Å². The van der Waals surface area contributed by atoms with Gasteiger partial charge in [-0.1, -0.05) is 13.8 Å². The smallest absolute Gasteiger partial charge is 0.236 e. The first kappa shape index (κ1) is 13.5.